The van der Waals surface area contributed by atoms with Gasteiger partial charge in [-0.25, -0.2) is 0 Å². The molecule has 3 nitrogen and oxygen atoms in total. The Morgan fingerprint density at radius 2 is 2.41 bits per heavy atom. The van der Waals surface area contributed by atoms with Crippen LogP contribution in [0.15, 0.2) is 15.9 Å². The van der Waals surface area contributed by atoms with Gasteiger partial charge in [-0.1, -0.05) is 0 Å². The fourth-order valence-electron chi connectivity index (χ4n) is 2.38. The SMILES string of the molecule is CC(N)C(c1cc(Br)cs1)N(C)C1CCOC1. The van der Waals surface area contributed by atoms with Crippen LogP contribution in [-0.2, 0) is 4.74 Å². The summed E-state index contributed by atoms with van der Waals surface area (Å²) in [6.07, 6.45) is 1.10. The highest BCUT2D eigenvalue weighted by atomic mass is 79.9. The largest absolute Gasteiger partial charge is 0.380 e. The molecule has 0 aliphatic carbocycles. The van der Waals surface area contributed by atoms with Crippen molar-refractivity contribution in [1.29, 1.82) is 0 Å². The van der Waals surface area contributed by atoms with Gasteiger partial charge in [0, 0.05) is 33.4 Å². The van der Waals surface area contributed by atoms with Gasteiger partial charge in [0.2, 0.25) is 0 Å². The highest BCUT2D eigenvalue weighted by Crippen LogP contribution is 2.32. The number of ether oxygens (including phenoxy) is 1. The summed E-state index contributed by atoms with van der Waals surface area (Å²) in [6.45, 7) is 3.77. The second-order valence-electron chi connectivity index (χ2n) is 4.65. The molecule has 0 spiro atoms. The van der Waals surface area contributed by atoms with Crippen LogP contribution in [0.25, 0.3) is 0 Å². The van der Waals surface area contributed by atoms with Crippen molar-refractivity contribution in [2.45, 2.75) is 31.5 Å². The van der Waals surface area contributed by atoms with Crippen LogP contribution in [0.5, 0.6) is 0 Å². The number of hydrogen-bond donors (Lipinski definition) is 1. The fraction of sp³-hybridized carbons (Fsp3) is 0.667. The monoisotopic (exact) mass is 318 g/mol. The average Bonchev–Trinajstić information content (AvgIpc) is 2.88. The van der Waals surface area contributed by atoms with Gasteiger partial charge < -0.3 is 10.5 Å². The van der Waals surface area contributed by atoms with E-state index in [-0.39, 0.29) is 12.1 Å². The van der Waals surface area contributed by atoms with Crippen molar-refractivity contribution in [3.05, 3.63) is 20.8 Å². The van der Waals surface area contributed by atoms with E-state index in [1.165, 1.54) is 4.88 Å². The lowest BCUT2D eigenvalue weighted by atomic mass is 10.0. The van der Waals surface area contributed by atoms with E-state index in [1.807, 2.05) is 0 Å². The smallest absolute Gasteiger partial charge is 0.0622 e. The third-order valence-electron chi connectivity index (χ3n) is 3.30. The van der Waals surface area contributed by atoms with Gasteiger partial charge in [0.15, 0.2) is 0 Å². The maximum Gasteiger partial charge on any atom is 0.0622 e. The van der Waals surface area contributed by atoms with Crippen molar-refractivity contribution in [3.8, 4) is 0 Å². The Morgan fingerprint density at radius 3 is 2.88 bits per heavy atom. The van der Waals surface area contributed by atoms with Crippen molar-refractivity contribution in [1.82, 2.24) is 4.90 Å². The predicted molar refractivity (Wildman–Crippen MR) is 75.4 cm³/mol. The molecular weight excluding hydrogens is 300 g/mol. The summed E-state index contributed by atoms with van der Waals surface area (Å²) >= 11 is 5.27. The van der Waals surface area contributed by atoms with Gasteiger partial charge >= 0.3 is 0 Å². The molecule has 0 bridgehead atoms. The van der Waals surface area contributed by atoms with Crippen LogP contribution in [0.1, 0.15) is 24.3 Å². The summed E-state index contributed by atoms with van der Waals surface area (Å²) in [4.78, 5) is 3.69. The quantitative estimate of drug-likeness (QED) is 0.927. The highest BCUT2D eigenvalue weighted by molar-refractivity contribution is 9.10. The number of likely N-dealkylation sites (N-methyl/N-ethyl adjacent to an activating group) is 1. The molecular formula is C12H19BrN2OS. The molecule has 0 radical (unpaired) electrons. The van der Waals surface area contributed by atoms with Crippen LogP contribution in [0.2, 0.25) is 0 Å². The molecule has 0 aromatic carbocycles. The zero-order valence-electron chi connectivity index (χ0n) is 10.2. The van der Waals surface area contributed by atoms with Crippen molar-refractivity contribution < 1.29 is 4.74 Å². The third-order valence-corrected chi connectivity index (χ3v) is 5.06. The van der Waals surface area contributed by atoms with Crippen LogP contribution in [0, 0.1) is 0 Å². The molecule has 1 aliphatic rings. The first-order valence-electron chi connectivity index (χ1n) is 5.88. The Balaban J connectivity index is 2.16. The number of thiophene rings is 1. The molecule has 1 aromatic rings. The molecule has 96 valence electrons. The summed E-state index contributed by atoms with van der Waals surface area (Å²) in [6, 6.07) is 3.06. The molecule has 1 aromatic heterocycles. The molecule has 1 aliphatic heterocycles. The first-order chi connectivity index (χ1) is 8.09. The van der Waals surface area contributed by atoms with Crippen molar-refractivity contribution in [2.75, 3.05) is 20.3 Å². The average molecular weight is 319 g/mol. The number of nitrogens with zero attached hydrogens (tertiary/aromatic N) is 1. The molecule has 1 fully saturated rings. The Bertz CT molecular complexity index is 363. The van der Waals surface area contributed by atoms with E-state index < -0.39 is 0 Å². The lowest BCUT2D eigenvalue weighted by Crippen LogP contribution is -2.42. The van der Waals surface area contributed by atoms with E-state index in [4.69, 9.17) is 10.5 Å². The summed E-state index contributed by atoms with van der Waals surface area (Å²) in [5, 5.41) is 2.11. The molecule has 3 unspecified atom stereocenters. The Morgan fingerprint density at radius 1 is 1.65 bits per heavy atom. The lowest BCUT2D eigenvalue weighted by Gasteiger charge is -2.34. The van der Waals surface area contributed by atoms with Gasteiger partial charge in [-0.2, -0.15) is 0 Å². The predicted octanol–water partition coefficient (Wildman–Crippen LogP) is 2.62. The van der Waals surface area contributed by atoms with Gasteiger partial charge in [0.1, 0.15) is 0 Å². The fourth-order valence-corrected chi connectivity index (χ4v) is 4.10. The molecule has 2 rings (SSSR count). The van der Waals surface area contributed by atoms with E-state index in [9.17, 15) is 0 Å². The van der Waals surface area contributed by atoms with E-state index in [0.29, 0.717) is 6.04 Å². The molecule has 1 saturated heterocycles. The minimum atomic E-state index is 0.117. The van der Waals surface area contributed by atoms with Gasteiger partial charge in [-0.3, -0.25) is 4.90 Å². The van der Waals surface area contributed by atoms with Gasteiger partial charge in [-0.05, 0) is 42.4 Å². The maximum atomic E-state index is 6.16. The Hall–Kier alpha value is 0.0600. The zero-order chi connectivity index (χ0) is 12.4. The molecule has 17 heavy (non-hydrogen) atoms. The maximum absolute atomic E-state index is 6.16. The Labute approximate surface area is 115 Å². The standard InChI is InChI=1S/C12H19BrN2OS/c1-8(14)12(11-5-9(13)7-17-11)15(2)10-3-4-16-6-10/h5,7-8,10,12H,3-4,6,14H2,1-2H3. The molecule has 0 amide bonds. The van der Waals surface area contributed by atoms with Crippen LogP contribution >= 0.6 is 27.3 Å². The number of nitrogens with two attached hydrogens (primary N) is 1. The number of halogens is 1. The van der Waals surface area contributed by atoms with Gasteiger partial charge in [-0.15, -0.1) is 11.3 Å². The summed E-state index contributed by atoms with van der Waals surface area (Å²) in [5.41, 5.74) is 6.16. The van der Waals surface area contributed by atoms with Crippen molar-refractivity contribution in [3.63, 3.8) is 0 Å². The second kappa shape index (κ2) is 5.80. The molecule has 0 saturated carbocycles. The van der Waals surface area contributed by atoms with E-state index in [1.54, 1.807) is 11.3 Å². The summed E-state index contributed by atoms with van der Waals surface area (Å²) < 4.78 is 6.60. The van der Waals surface area contributed by atoms with Crippen molar-refractivity contribution in [2.24, 2.45) is 5.73 Å². The first-order valence-corrected chi connectivity index (χ1v) is 7.56. The summed E-state index contributed by atoms with van der Waals surface area (Å²) in [7, 11) is 2.15. The van der Waals surface area contributed by atoms with Crippen LogP contribution in [0.3, 0.4) is 0 Å². The third kappa shape index (κ3) is 3.09. The zero-order valence-corrected chi connectivity index (χ0v) is 12.6. The highest BCUT2D eigenvalue weighted by Gasteiger charge is 2.30. The molecule has 3 atom stereocenters. The van der Waals surface area contributed by atoms with Gasteiger partial charge in [0.25, 0.3) is 0 Å². The lowest BCUT2D eigenvalue weighted by molar-refractivity contribution is 0.124. The normalized spacial score (nSPS) is 24.2. The number of hydrogen-bond acceptors (Lipinski definition) is 4. The first kappa shape index (κ1) is 13.5. The van der Waals surface area contributed by atoms with Crippen LogP contribution in [-0.4, -0.2) is 37.2 Å². The second-order valence-corrected chi connectivity index (χ2v) is 6.51. The van der Waals surface area contributed by atoms with Crippen molar-refractivity contribution >= 4 is 27.3 Å². The minimum Gasteiger partial charge on any atom is -0.380 e. The molecule has 2 N–H and O–H groups in total. The molecule has 2 heterocycles. The van der Waals surface area contributed by atoms with Crippen LogP contribution in [0.4, 0.5) is 0 Å². The van der Waals surface area contributed by atoms with E-state index in [2.05, 4.69) is 46.2 Å². The van der Waals surface area contributed by atoms with Crippen LogP contribution < -0.4 is 5.73 Å². The van der Waals surface area contributed by atoms with Gasteiger partial charge in [0.05, 0.1) is 12.6 Å². The number of rotatable bonds is 4. The molecule has 5 heteroatoms. The topological polar surface area (TPSA) is 38.5 Å². The van der Waals surface area contributed by atoms with E-state index >= 15 is 0 Å². The minimum absolute atomic E-state index is 0.117. The van der Waals surface area contributed by atoms with E-state index in [0.717, 1.165) is 24.1 Å². The summed E-state index contributed by atoms with van der Waals surface area (Å²) in [5.74, 6) is 0. The Kier molecular flexibility index (Phi) is 4.60.